The molecule has 0 aliphatic rings. The molecule has 0 amide bonds. The Balaban J connectivity index is 2.09. The molecule has 0 aromatic heterocycles. The van der Waals surface area contributed by atoms with Crippen LogP contribution in [-0.4, -0.2) is 5.11 Å². The molecule has 20 heavy (non-hydrogen) atoms. The Kier molecular flexibility index (Phi) is 3.05. The number of fused-ring (bicyclic) bond motifs is 1. The molecule has 3 rings (SSSR count). The molecule has 0 radical (unpaired) electrons. The van der Waals surface area contributed by atoms with E-state index in [1.807, 2.05) is 36.4 Å². The number of nitrogens with two attached hydrogens (primary N) is 1. The zero-order valence-electron chi connectivity index (χ0n) is 10.7. The highest BCUT2D eigenvalue weighted by molar-refractivity contribution is 6.00. The molecular weight excluding hydrogens is 250 g/mol. The van der Waals surface area contributed by atoms with Gasteiger partial charge in [0.15, 0.2) is 0 Å². The molecule has 0 fully saturated rings. The zero-order chi connectivity index (χ0) is 13.9. The van der Waals surface area contributed by atoms with Crippen molar-refractivity contribution in [3.63, 3.8) is 0 Å². The maximum atomic E-state index is 9.54. The summed E-state index contributed by atoms with van der Waals surface area (Å²) in [6, 6.07) is 18.1. The van der Waals surface area contributed by atoms with E-state index in [9.17, 15) is 5.11 Å². The summed E-state index contributed by atoms with van der Waals surface area (Å²) in [6.45, 7) is 0. The van der Waals surface area contributed by atoms with E-state index >= 15 is 0 Å². The van der Waals surface area contributed by atoms with E-state index in [2.05, 4.69) is 10.2 Å². The van der Waals surface area contributed by atoms with Gasteiger partial charge in [0, 0.05) is 16.5 Å². The van der Waals surface area contributed by atoms with Gasteiger partial charge in [-0.1, -0.05) is 18.2 Å². The minimum Gasteiger partial charge on any atom is -0.508 e. The Hall–Kier alpha value is -2.88. The summed E-state index contributed by atoms with van der Waals surface area (Å²) in [4.78, 5) is 0. The second-order valence-corrected chi connectivity index (χ2v) is 4.44. The molecule has 0 aliphatic carbocycles. The number of benzene rings is 3. The number of aromatic hydroxyl groups is 1. The van der Waals surface area contributed by atoms with Crippen molar-refractivity contribution in [3.05, 3.63) is 60.7 Å². The van der Waals surface area contributed by atoms with E-state index < -0.39 is 0 Å². The SMILES string of the molecule is Nc1ccc(N=Nc2ccccc2)c2ccc(O)cc12. The minimum absolute atomic E-state index is 0.182. The lowest BCUT2D eigenvalue weighted by Gasteiger charge is -2.05. The lowest BCUT2D eigenvalue weighted by atomic mass is 10.1. The van der Waals surface area contributed by atoms with E-state index in [0.717, 1.165) is 22.1 Å². The van der Waals surface area contributed by atoms with Crippen LogP contribution in [0.3, 0.4) is 0 Å². The number of azo groups is 1. The van der Waals surface area contributed by atoms with Crippen LogP contribution >= 0.6 is 0 Å². The topological polar surface area (TPSA) is 71.0 Å². The third-order valence-corrected chi connectivity index (χ3v) is 3.04. The summed E-state index contributed by atoms with van der Waals surface area (Å²) in [7, 11) is 0. The molecule has 3 aromatic rings. The smallest absolute Gasteiger partial charge is 0.116 e. The minimum atomic E-state index is 0.182. The van der Waals surface area contributed by atoms with Gasteiger partial charge in [0.2, 0.25) is 0 Å². The van der Waals surface area contributed by atoms with Gasteiger partial charge in [-0.15, -0.1) is 5.11 Å². The predicted molar refractivity (Wildman–Crippen MR) is 80.6 cm³/mol. The van der Waals surface area contributed by atoms with Crippen LogP contribution in [0.15, 0.2) is 70.9 Å². The van der Waals surface area contributed by atoms with Crippen molar-refractivity contribution in [3.8, 4) is 5.75 Å². The summed E-state index contributed by atoms with van der Waals surface area (Å²) >= 11 is 0. The van der Waals surface area contributed by atoms with Crippen molar-refractivity contribution in [1.82, 2.24) is 0 Å². The molecular formula is C16H13N3O. The number of hydrogen-bond donors (Lipinski definition) is 2. The van der Waals surface area contributed by atoms with E-state index in [4.69, 9.17) is 5.73 Å². The number of hydrogen-bond acceptors (Lipinski definition) is 4. The van der Waals surface area contributed by atoms with Gasteiger partial charge in [-0.2, -0.15) is 5.11 Å². The monoisotopic (exact) mass is 263 g/mol. The Morgan fingerprint density at radius 3 is 2.40 bits per heavy atom. The first-order valence-corrected chi connectivity index (χ1v) is 6.22. The van der Waals surface area contributed by atoms with Crippen LogP contribution < -0.4 is 5.73 Å². The fraction of sp³-hybridized carbons (Fsp3) is 0. The first-order valence-electron chi connectivity index (χ1n) is 6.22. The molecule has 4 nitrogen and oxygen atoms in total. The molecule has 0 spiro atoms. The zero-order valence-corrected chi connectivity index (χ0v) is 10.7. The normalized spacial score (nSPS) is 11.2. The molecule has 0 saturated carbocycles. The Morgan fingerprint density at radius 2 is 1.60 bits per heavy atom. The van der Waals surface area contributed by atoms with Gasteiger partial charge < -0.3 is 10.8 Å². The summed E-state index contributed by atoms with van der Waals surface area (Å²) in [6.07, 6.45) is 0. The predicted octanol–water partition coefficient (Wildman–Crippen LogP) is 4.54. The van der Waals surface area contributed by atoms with Crippen LogP contribution in [0, 0.1) is 0 Å². The molecule has 0 aliphatic heterocycles. The van der Waals surface area contributed by atoms with Crippen LogP contribution in [-0.2, 0) is 0 Å². The average Bonchev–Trinajstić information content (AvgIpc) is 2.48. The van der Waals surface area contributed by atoms with Gasteiger partial charge >= 0.3 is 0 Å². The summed E-state index contributed by atoms with van der Waals surface area (Å²) in [5, 5.41) is 19.6. The summed E-state index contributed by atoms with van der Waals surface area (Å²) < 4.78 is 0. The Morgan fingerprint density at radius 1 is 0.800 bits per heavy atom. The highest BCUT2D eigenvalue weighted by Gasteiger charge is 2.04. The van der Waals surface area contributed by atoms with E-state index in [0.29, 0.717) is 5.69 Å². The number of phenols is 1. The van der Waals surface area contributed by atoms with Gasteiger partial charge in [-0.05, 0) is 42.5 Å². The van der Waals surface area contributed by atoms with Crippen LogP contribution in [0.25, 0.3) is 10.8 Å². The maximum Gasteiger partial charge on any atom is 0.116 e. The van der Waals surface area contributed by atoms with Crippen LogP contribution in [0.1, 0.15) is 0 Å². The van der Waals surface area contributed by atoms with Crippen molar-refractivity contribution in [2.45, 2.75) is 0 Å². The molecule has 0 heterocycles. The number of phenolic OH excluding ortho intramolecular Hbond substituents is 1. The second kappa shape index (κ2) is 5.01. The molecule has 3 aromatic carbocycles. The highest BCUT2D eigenvalue weighted by Crippen LogP contribution is 2.33. The van der Waals surface area contributed by atoms with Crippen molar-refractivity contribution in [2.24, 2.45) is 10.2 Å². The lowest BCUT2D eigenvalue weighted by Crippen LogP contribution is -1.86. The van der Waals surface area contributed by atoms with Crippen molar-refractivity contribution in [2.75, 3.05) is 5.73 Å². The molecule has 4 heteroatoms. The number of nitrogens with zero attached hydrogens (tertiary/aromatic N) is 2. The van der Waals surface area contributed by atoms with Crippen molar-refractivity contribution < 1.29 is 5.11 Å². The largest absolute Gasteiger partial charge is 0.508 e. The first kappa shape index (κ1) is 12.2. The highest BCUT2D eigenvalue weighted by atomic mass is 16.3. The maximum absolute atomic E-state index is 9.54. The standard InChI is InChI=1S/C16H13N3O/c17-15-8-9-16(13-7-6-12(20)10-14(13)15)19-18-11-4-2-1-3-5-11/h1-10,20H,17H2. The Bertz CT molecular complexity index is 782. The fourth-order valence-electron chi connectivity index (χ4n) is 2.04. The van der Waals surface area contributed by atoms with E-state index in [-0.39, 0.29) is 5.75 Å². The average molecular weight is 263 g/mol. The number of rotatable bonds is 2. The van der Waals surface area contributed by atoms with Gasteiger partial charge in [0.05, 0.1) is 11.4 Å². The third kappa shape index (κ3) is 2.31. The van der Waals surface area contributed by atoms with Crippen molar-refractivity contribution in [1.29, 1.82) is 0 Å². The van der Waals surface area contributed by atoms with Gasteiger partial charge in [0.1, 0.15) is 5.75 Å². The quantitative estimate of drug-likeness (QED) is 0.526. The first-order chi connectivity index (χ1) is 9.74. The Labute approximate surface area is 116 Å². The summed E-state index contributed by atoms with van der Waals surface area (Å²) in [5.74, 6) is 0.182. The molecule has 0 saturated heterocycles. The second-order valence-electron chi connectivity index (χ2n) is 4.44. The van der Waals surface area contributed by atoms with Crippen LogP contribution in [0.2, 0.25) is 0 Å². The number of nitrogen functional groups attached to an aromatic ring is 1. The summed E-state index contributed by atoms with van der Waals surface area (Å²) in [5.41, 5.74) is 8.03. The van der Waals surface area contributed by atoms with Crippen LogP contribution in [0.4, 0.5) is 17.1 Å². The van der Waals surface area contributed by atoms with Gasteiger partial charge in [0.25, 0.3) is 0 Å². The van der Waals surface area contributed by atoms with Gasteiger partial charge in [-0.25, -0.2) is 0 Å². The van der Waals surface area contributed by atoms with Crippen LogP contribution in [0.5, 0.6) is 5.75 Å². The third-order valence-electron chi connectivity index (χ3n) is 3.04. The molecule has 0 atom stereocenters. The lowest BCUT2D eigenvalue weighted by molar-refractivity contribution is 0.476. The molecule has 98 valence electrons. The van der Waals surface area contributed by atoms with E-state index in [1.54, 1.807) is 24.3 Å². The van der Waals surface area contributed by atoms with E-state index in [1.165, 1.54) is 0 Å². The molecule has 0 unspecified atom stereocenters. The molecule has 0 bridgehead atoms. The van der Waals surface area contributed by atoms with Gasteiger partial charge in [-0.3, -0.25) is 0 Å². The molecule has 3 N–H and O–H groups in total. The number of anilines is 1. The van der Waals surface area contributed by atoms with Crippen molar-refractivity contribution >= 4 is 27.8 Å². The fourth-order valence-corrected chi connectivity index (χ4v) is 2.04.